The summed E-state index contributed by atoms with van der Waals surface area (Å²) in [4.78, 5) is 8.45. The molecule has 2 heterocycles. The zero-order chi connectivity index (χ0) is 13.6. The highest BCUT2D eigenvalue weighted by Crippen LogP contribution is 2.22. The maximum Gasteiger partial charge on any atom is 0.178 e. The normalized spacial score (nSPS) is 11.3. The maximum absolute atomic E-state index is 13.6. The molecule has 0 bridgehead atoms. The minimum absolute atomic E-state index is 0.218. The first-order valence-electron chi connectivity index (χ1n) is 5.84. The lowest BCUT2D eigenvalue weighted by Gasteiger charge is -2.04. The van der Waals surface area contributed by atoms with Gasteiger partial charge in [0.25, 0.3) is 0 Å². The monoisotopic (exact) mass is 293 g/mol. The van der Waals surface area contributed by atoms with E-state index in [4.69, 9.17) is 12.2 Å². The second-order valence-corrected chi connectivity index (χ2v) is 5.82. The highest BCUT2D eigenvalue weighted by molar-refractivity contribution is 7.71. The molecule has 1 aromatic carbocycles. The van der Waals surface area contributed by atoms with Gasteiger partial charge in [0.2, 0.25) is 0 Å². The largest absolute Gasteiger partial charge is 0.330 e. The summed E-state index contributed by atoms with van der Waals surface area (Å²) in [6, 6.07) is 3.32. The zero-order valence-corrected chi connectivity index (χ0v) is 12.2. The van der Waals surface area contributed by atoms with Crippen molar-refractivity contribution in [3.63, 3.8) is 0 Å². The molecule has 0 amide bonds. The average molecular weight is 293 g/mol. The van der Waals surface area contributed by atoms with Crippen molar-refractivity contribution in [1.29, 1.82) is 0 Å². The van der Waals surface area contributed by atoms with Gasteiger partial charge in [-0.3, -0.25) is 0 Å². The van der Waals surface area contributed by atoms with E-state index in [2.05, 4.69) is 9.97 Å². The Kier molecular flexibility index (Phi) is 2.99. The molecule has 0 saturated heterocycles. The number of aryl methyl sites for hydroxylation is 2. The minimum Gasteiger partial charge on any atom is -0.330 e. The summed E-state index contributed by atoms with van der Waals surface area (Å²) in [5, 5.41) is 0. The van der Waals surface area contributed by atoms with E-state index in [1.807, 2.05) is 23.1 Å². The van der Waals surface area contributed by atoms with Gasteiger partial charge >= 0.3 is 0 Å². The third-order valence-electron chi connectivity index (χ3n) is 3.20. The Balaban J connectivity index is 2.18. The van der Waals surface area contributed by atoms with Crippen molar-refractivity contribution in [1.82, 2.24) is 14.5 Å². The van der Waals surface area contributed by atoms with Crippen molar-refractivity contribution in [2.24, 2.45) is 0 Å². The molecule has 0 atom stereocenters. The lowest BCUT2D eigenvalue weighted by molar-refractivity contribution is 0.620. The van der Waals surface area contributed by atoms with Crippen LogP contribution in [0.2, 0.25) is 0 Å². The molecular weight excluding hydrogens is 281 g/mol. The summed E-state index contributed by atoms with van der Waals surface area (Å²) >= 11 is 6.93. The molecule has 0 fully saturated rings. The van der Waals surface area contributed by atoms with Gasteiger partial charge in [0.1, 0.15) is 5.82 Å². The molecule has 3 nitrogen and oxygen atoms in total. The molecule has 6 heteroatoms. The third-order valence-corrected chi connectivity index (χ3v) is 4.44. The van der Waals surface area contributed by atoms with Crippen LogP contribution in [0, 0.1) is 24.4 Å². The standard InChI is InChI=1S/C13H12FN3S2/c1-7-3-11-10(4-9(7)14)16-13(18)17(11)5-12-8(2)15-6-19-12/h3-4,6H,5H2,1-2H3,(H,16,18). The molecule has 0 aliphatic carbocycles. The molecule has 0 spiro atoms. The van der Waals surface area contributed by atoms with Crippen molar-refractivity contribution in [2.45, 2.75) is 20.4 Å². The van der Waals surface area contributed by atoms with Crippen LogP contribution in [-0.2, 0) is 6.54 Å². The highest BCUT2D eigenvalue weighted by Gasteiger charge is 2.10. The van der Waals surface area contributed by atoms with Crippen LogP contribution in [0.5, 0.6) is 0 Å². The molecule has 3 aromatic rings. The summed E-state index contributed by atoms with van der Waals surface area (Å²) in [5.74, 6) is -0.218. The lowest BCUT2D eigenvalue weighted by atomic mass is 10.2. The number of thiazole rings is 1. The molecule has 98 valence electrons. The van der Waals surface area contributed by atoms with E-state index in [9.17, 15) is 4.39 Å². The maximum atomic E-state index is 13.6. The van der Waals surface area contributed by atoms with Gasteiger partial charge in [0, 0.05) is 4.88 Å². The topological polar surface area (TPSA) is 33.6 Å². The number of fused-ring (bicyclic) bond motifs is 1. The quantitative estimate of drug-likeness (QED) is 0.726. The fourth-order valence-electron chi connectivity index (χ4n) is 2.06. The van der Waals surface area contributed by atoms with E-state index in [1.54, 1.807) is 18.3 Å². The fourth-order valence-corrected chi connectivity index (χ4v) is 3.10. The van der Waals surface area contributed by atoms with Crippen molar-refractivity contribution < 1.29 is 4.39 Å². The molecule has 0 aliphatic rings. The number of hydrogen-bond donors (Lipinski definition) is 1. The van der Waals surface area contributed by atoms with Crippen molar-refractivity contribution >= 4 is 34.6 Å². The smallest absolute Gasteiger partial charge is 0.178 e. The second-order valence-electron chi connectivity index (χ2n) is 4.50. The van der Waals surface area contributed by atoms with E-state index < -0.39 is 0 Å². The Hall–Kier alpha value is -1.53. The van der Waals surface area contributed by atoms with Crippen LogP contribution in [-0.4, -0.2) is 14.5 Å². The van der Waals surface area contributed by atoms with Gasteiger partial charge in [-0.1, -0.05) is 0 Å². The summed E-state index contributed by atoms with van der Waals surface area (Å²) in [6.07, 6.45) is 0. The van der Waals surface area contributed by atoms with Crippen LogP contribution in [0.1, 0.15) is 16.1 Å². The lowest BCUT2D eigenvalue weighted by Crippen LogP contribution is -1.99. The van der Waals surface area contributed by atoms with Crippen LogP contribution in [0.4, 0.5) is 4.39 Å². The third kappa shape index (κ3) is 2.11. The number of halogens is 1. The highest BCUT2D eigenvalue weighted by atomic mass is 32.1. The first kappa shape index (κ1) is 12.5. The summed E-state index contributed by atoms with van der Waals surface area (Å²) < 4.78 is 16.1. The van der Waals surface area contributed by atoms with Gasteiger partial charge in [0.15, 0.2) is 4.77 Å². The molecule has 3 rings (SSSR count). The van der Waals surface area contributed by atoms with Gasteiger partial charge in [-0.2, -0.15) is 0 Å². The summed E-state index contributed by atoms with van der Waals surface area (Å²) in [7, 11) is 0. The molecule has 0 aliphatic heterocycles. The van der Waals surface area contributed by atoms with E-state index in [-0.39, 0.29) is 5.82 Å². The van der Waals surface area contributed by atoms with E-state index in [0.29, 0.717) is 16.9 Å². The number of nitrogens with zero attached hydrogens (tertiary/aromatic N) is 2. The number of rotatable bonds is 2. The van der Waals surface area contributed by atoms with Gasteiger partial charge < -0.3 is 9.55 Å². The van der Waals surface area contributed by atoms with Crippen molar-refractivity contribution in [2.75, 3.05) is 0 Å². The van der Waals surface area contributed by atoms with Gasteiger partial charge in [-0.15, -0.1) is 11.3 Å². The van der Waals surface area contributed by atoms with Crippen LogP contribution in [0.25, 0.3) is 11.0 Å². The molecule has 0 radical (unpaired) electrons. The number of aromatic amines is 1. The Bertz CT molecular complexity index is 813. The van der Waals surface area contributed by atoms with Gasteiger partial charge in [-0.25, -0.2) is 9.37 Å². The molecule has 2 aromatic heterocycles. The van der Waals surface area contributed by atoms with Crippen LogP contribution < -0.4 is 0 Å². The molecule has 1 N–H and O–H groups in total. The van der Waals surface area contributed by atoms with E-state index in [1.165, 1.54) is 10.9 Å². The Morgan fingerprint density at radius 2 is 2.21 bits per heavy atom. The average Bonchev–Trinajstić information content (AvgIpc) is 2.88. The molecule has 19 heavy (non-hydrogen) atoms. The fraction of sp³-hybridized carbons (Fsp3) is 0.231. The van der Waals surface area contributed by atoms with Gasteiger partial charge in [0.05, 0.1) is 28.8 Å². The predicted molar refractivity (Wildman–Crippen MR) is 77.8 cm³/mol. The van der Waals surface area contributed by atoms with E-state index in [0.717, 1.165) is 16.7 Å². The summed E-state index contributed by atoms with van der Waals surface area (Å²) in [5.41, 5.74) is 5.12. The Morgan fingerprint density at radius 3 is 2.89 bits per heavy atom. The summed E-state index contributed by atoms with van der Waals surface area (Å²) in [6.45, 7) is 4.41. The van der Waals surface area contributed by atoms with E-state index >= 15 is 0 Å². The molecular formula is C13H12FN3S2. The Morgan fingerprint density at radius 1 is 1.42 bits per heavy atom. The number of benzene rings is 1. The van der Waals surface area contributed by atoms with Crippen LogP contribution >= 0.6 is 23.6 Å². The first-order chi connectivity index (χ1) is 9.06. The van der Waals surface area contributed by atoms with Crippen molar-refractivity contribution in [3.8, 4) is 0 Å². The Labute approximate surface area is 118 Å². The molecule has 0 unspecified atom stereocenters. The number of hydrogen-bond acceptors (Lipinski definition) is 3. The van der Waals surface area contributed by atoms with Crippen LogP contribution in [0.15, 0.2) is 17.6 Å². The number of aromatic nitrogens is 3. The first-order valence-corrected chi connectivity index (χ1v) is 7.12. The predicted octanol–water partition coefficient (Wildman–Crippen LogP) is 3.96. The van der Waals surface area contributed by atoms with Crippen molar-refractivity contribution in [3.05, 3.63) is 44.4 Å². The molecule has 0 saturated carbocycles. The zero-order valence-electron chi connectivity index (χ0n) is 10.5. The number of H-pyrrole nitrogens is 1. The SMILES string of the molecule is Cc1cc2c(cc1F)[nH]c(=S)n2Cc1scnc1C. The number of imidazole rings is 1. The minimum atomic E-state index is -0.218. The second kappa shape index (κ2) is 4.54. The van der Waals surface area contributed by atoms with Gasteiger partial charge in [-0.05, 0) is 43.8 Å². The number of nitrogens with one attached hydrogen (secondary N) is 1. The van der Waals surface area contributed by atoms with Crippen LogP contribution in [0.3, 0.4) is 0 Å².